The molecule has 0 aromatic heterocycles. The first-order chi connectivity index (χ1) is 9.95. The molecule has 0 bridgehead atoms. The van der Waals surface area contributed by atoms with E-state index in [2.05, 4.69) is 18.8 Å². The smallest absolute Gasteiger partial charge is 0.243 e. The third kappa shape index (κ3) is 3.65. The van der Waals surface area contributed by atoms with Gasteiger partial charge in [-0.15, -0.1) is 0 Å². The van der Waals surface area contributed by atoms with Crippen LogP contribution in [0, 0.1) is 24.7 Å². The van der Waals surface area contributed by atoms with Gasteiger partial charge in [-0.05, 0) is 43.4 Å². The third-order valence-electron chi connectivity index (χ3n) is 3.86. The van der Waals surface area contributed by atoms with Gasteiger partial charge in [-0.2, -0.15) is 4.31 Å². The van der Waals surface area contributed by atoms with Crippen LogP contribution in [0.25, 0.3) is 0 Å². The number of aryl methyl sites for hydroxylation is 1. The summed E-state index contributed by atoms with van der Waals surface area (Å²) in [5.41, 5.74) is 1.33. The maximum Gasteiger partial charge on any atom is 0.243 e. The number of sulfonamides is 1. The van der Waals surface area contributed by atoms with Gasteiger partial charge in [0.05, 0.1) is 4.90 Å². The molecule has 0 spiro atoms. The largest absolute Gasteiger partial charge is 0.384 e. The zero-order valence-electron chi connectivity index (χ0n) is 12.5. The van der Waals surface area contributed by atoms with Crippen LogP contribution in [0.4, 0.5) is 0 Å². The van der Waals surface area contributed by atoms with Gasteiger partial charge in [-0.1, -0.05) is 24.8 Å². The van der Waals surface area contributed by atoms with E-state index in [9.17, 15) is 8.42 Å². The zero-order valence-corrected chi connectivity index (χ0v) is 13.3. The lowest BCUT2D eigenvalue weighted by Crippen LogP contribution is -2.38. The number of aliphatic hydroxyl groups excluding tert-OH is 1. The van der Waals surface area contributed by atoms with Crippen molar-refractivity contribution in [2.75, 3.05) is 19.7 Å². The van der Waals surface area contributed by atoms with Crippen molar-refractivity contribution in [2.24, 2.45) is 5.92 Å². The second-order valence-electron chi connectivity index (χ2n) is 5.53. The van der Waals surface area contributed by atoms with Crippen molar-refractivity contribution < 1.29 is 13.5 Å². The minimum atomic E-state index is -3.46. The summed E-state index contributed by atoms with van der Waals surface area (Å²) < 4.78 is 27.1. The fourth-order valence-electron chi connectivity index (χ4n) is 2.46. The highest BCUT2D eigenvalue weighted by Crippen LogP contribution is 2.26. The molecule has 0 saturated carbocycles. The number of aliphatic hydroxyl groups is 1. The van der Waals surface area contributed by atoms with E-state index in [4.69, 9.17) is 5.11 Å². The van der Waals surface area contributed by atoms with Crippen molar-refractivity contribution >= 4 is 10.0 Å². The summed E-state index contributed by atoms with van der Waals surface area (Å²) in [5, 5.41) is 8.74. The lowest BCUT2D eigenvalue weighted by atomic mass is 10.0. The van der Waals surface area contributed by atoms with E-state index in [1.165, 1.54) is 0 Å². The van der Waals surface area contributed by atoms with Gasteiger partial charge in [0.1, 0.15) is 6.61 Å². The van der Waals surface area contributed by atoms with Crippen LogP contribution in [0.5, 0.6) is 0 Å². The fraction of sp³-hybridized carbons (Fsp3) is 0.500. The molecule has 1 N–H and O–H groups in total. The first-order valence-electron chi connectivity index (χ1n) is 7.15. The number of piperidine rings is 1. The average molecular weight is 307 g/mol. The summed E-state index contributed by atoms with van der Waals surface area (Å²) in [7, 11) is -3.46. The number of hydrogen-bond donors (Lipinski definition) is 1. The van der Waals surface area contributed by atoms with Crippen molar-refractivity contribution in [2.45, 2.75) is 31.6 Å². The van der Waals surface area contributed by atoms with Crippen molar-refractivity contribution in [3.05, 3.63) is 29.3 Å². The number of hydrogen-bond acceptors (Lipinski definition) is 3. The van der Waals surface area contributed by atoms with E-state index in [-0.39, 0.29) is 6.61 Å². The monoisotopic (exact) mass is 307 g/mol. The quantitative estimate of drug-likeness (QED) is 0.847. The molecule has 0 atom stereocenters. The SMILES string of the molecule is Cc1ccc(C#CCO)cc1S(=O)(=O)N1CCC(C)CC1. The molecule has 114 valence electrons. The second-order valence-corrected chi connectivity index (χ2v) is 7.43. The molecular weight excluding hydrogens is 286 g/mol. The van der Waals surface area contributed by atoms with Crippen LogP contribution in [-0.2, 0) is 10.0 Å². The molecule has 0 aliphatic carbocycles. The van der Waals surface area contributed by atoms with E-state index in [0.29, 0.717) is 29.5 Å². The molecule has 1 aromatic rings. The molecule has 1 fully saturated rings. The first-order valence-corrected chi connectivity index (χ1v) is 8.59. The van der Waals surface area contributed by atoms with E-state index in [1.54, 1.807) is 29.4 Å². The topological polar surface area (TPSA) is 57.6 Å². The normalized spacial score (nSPS) is 17.3. The Balaban J connectivity index is 2.35. The van der Waals surface area contributed by atoms with Gasteiger partial charge in [-0.3, -0.25) is 0 Å². The van der Waals surface area contributed by atoms with Crippen LogP contribution in [0.15, 0.2) is 23.1 Å². The standard InChI is InChI=1S/C16H21NO3S/c1-13-7-9-17(10-8-13)21(19,20)16-12-15(4-3-11-18)6-5-14(16)2/h5-6,12-13,18H,7-11H2,1-2H3. The Morgan fingerprint density at radius 3 is 2.62 bits per heavy atom. The van der Waals surface area contributed by atoms with Crippen molar-refractivity contribution in [3.63, 3.8) is 0 Å². The lowest BCUT2D eigenvalue weighted by Gasteiger charge is -2.29. The average Bonchev–Trinajstić information content (AvgIpc) is 2.46. The molecule has 1 aliphatic rings. The summed E-state index contributed by atoms with van der Waals surface area (Å²) in [6, 6.07) is 5.14. The predicted octanol–water partition coefficient (Wildman–Crippen LogP) is 1.76. The molecule has 0 radical (unpaired) electrons. The summed E-state index contributed by atoms with van der Waals surface area (Å²) in [4.78, 5) is 0.321. The Hall–Kier alpha value is -1.35. The molecule has 1 aromatic carbocycles. The molecule has 1 aliphatic heterocycles. The molecule has 5 heteroatoms. The van der Waals surface area contributed by atoms with E-state index >= 15 is 0 Å². The maximum atomic E-state index is 12.8. The van der Waals surface area contributed by atoms with Crippen LogP contribution < -0.4 is 0 Å². The first kappa shape index (κ1) is 16.0. The molecule has 1 heterocycles. The summed E-state index contributed by atoms with van der Waals surface area (Å²) in [6.45, 7) is 4.87. The Morgan fingerprint density at radius 1 is 1.33 bits per heavy atom. The predicted molar refractivity (Wildman–Crippen MR) is 82.3 cm³/mol. The maximum absolute atomic E-state index is 12.8. The lowest BCUT2D eigenvalue weighted by molar-refractivity contribution is 0.288. The number of rotatable bonds is 2. The van der Waals surface area contributed by atoms with Crippen molar-refractivity contribution in [1.82, 2.24) is 4.31 Å². The number of nitrogens with zero attached hydrogens (tertiary/aromatic N) is 1. The molecule has 2 rings (SSSR count). The van der Waals surface area contributed by atoms with Gasteiger partial charge in [0, 0.05) is 18.7 Å². The molecule has 4 nitrogen and oxygen atoms in total. The van der Waals surface area contributed by atoms with E-state index in [0.717, 1.165) is 18.4 Å². The van der Waals surface area contributed by atoms with Gasteiger partial charge in [0.25, 0.3) is 0 Å². The van der Waals surface area contributed by atoms with E-state index < -0.39 is 10.0 Å². The van der Waals surface area contributed by atoms with Crippen molar-refractivity contribution in [3.8, 4) is 11.8 Å². The van der Waals surface area contributed by atoms with Gasteiger partial charge >= 0.3 is 0 Å². The van der Waals surface area contributed by atoms with Gasteiger partial charge in [0.2, 0.25) is 10.0 Å². The molecule has 0 unspecified atom stereocenters. The minimum Gasteiger partial charge on any atom is -0.384 e. The van der Waals surface area contributed by atoms with Gasteiger partial charge < -0.3 is 5.11 Å². The van der Waals surface area contributed by atoms with Crippen LogP contribution in [-0.4, -0.2) is 37.5 Å². The van der Waals surface area contributed by atoms with Crippen LogP contribution in [0.3, 0.4) is 0 Å². The van der Waals surface area contributed by atoms with E-state index in [1.807, 2.05) is 0 Å². The fourth-order valence-corrected chi connectivity index (χ4v) is 4.18. The number of benzene rings is 1. The third-order valence-corrected chi connectivity index (χ3v) is 5.90. The Kier molecular flexibility index (Phi) is 5.04. The Morgan fingerprint density at radius 2 is 2.00 bits per heavy atom. The Labute approximate surface area is 126 Å². The van der Waals surface area contributed by atoms with Gasteiger partial charge in [0.15, 0.2) is 0 Å². The summed E-state index contributed by atoms with van der Waals surface area (Å²) in [5.74, 6) is 5.89. The highest BCUT2D eigenvalue weighted by molar-refractivity contribution is 7.89. The highest BCUT2D eigenvalue weighted by Gasteiger charge is 2.29. The summed E-state index contributed by atoms with van der Waals surface area (Å²) >= 11 is 0. The molecular formula is C16H21NO3S. The highest BCUT2D eigenvalue weighted by atomic mass is 32.2. The zero-order chi connectivity index (χ0) is 15.5. The van der Waals surface area contributed by atoms with Crippen LogP contribution in [0.2, 0.25) is 0 Å². The Bertz CT molecular complexity index is 662. The molecule has 1 saturated heterocycles. The molecule has 0 amide bonds. The van der Waals surface area contributed by atoms with Crippen molar-refractivity contribution in [1.29, 1.82) is 0 Å². The molecule has 21 heavy (non-hydrogen) atoms. The minimum absolute atomic E-state index is 0.236. The second kappa shape index (κ2) is 6.61. The summed E-state index contributed by atoms with van der Waals surface area (Å²) in [6.07, 6.45) is 1.81. The van der Waals surface area contributed by atoms with Crippen LogP contribution in [0.1, 0.15) is 30.9 Å². The van der Waals surface area contributed by atoms with Gasteiger partial charge in [-0.25, -0.2) is 8.42 Å². The van der Waals surface area contributed by atoms with Crippen LogP contribution >= 0.6 is 0 Å².